The number of nitrogens with one attached hydrogen (secondary N) is 2. The summed E-state index contributed by atoms with van der Waals surface area (Å²) < 4.78 is 35.1. The maximum atomic E-state index is 11.7. The van der Waals surface area contributed by atoms with Gasteiger partial charge in [-0.05, 0) is 12.8 Å². The van der Waals surface area contributed by atoms with Crippen molar-refractivity contribution in [3.05, 3.63) is 0 Å². The number of hydrogen-bond acceptors (Lipinski definition) is 2. The number of halogens is 3. The smallest absolute Gasteiger partial charge is 0.390 e. The Balaban J connectivity index is 3.38. The van der Waals surface area contributed by atoms with E-state index in [-0.39, 0.29) is 13.0 Å². The van der Waals surface area contributed by atoms with E-state index in [1.54, 1.807) is 0 Å². The summed E-state index contributed by atoms with van der Waals surface area (Å²) in [5, 5.41) is 12.7. The molecule has 0 aliphatic heterocycles. The third-order valence-corrected chi connectivity index (χ3v) is 1.80. The number of alkyl halides is 3. The van der Waals surface area contributed by atoms with Crippen molar-refractivity contribution in [3.8, 4) is 0 Å². The van der Waals surface area contributed by atoms with Gasteiger partial charge in [0, 0.05) is 19.5 Å². The molecule has 0 heterocycles. The number of carbonyl (C=O) groups is 2. The molecule has 5 nitrogen and oxygen atoms in total. The summed E-state index contributed by atoms with van der Waals surface area (Å²) in [6.07, 6.45) is -4.46. The highest BCUT2D eigenvalue weighted by molar-refractivity contribution is 5.73. The second-order valence-corrected chi connectivity index (χ2v) is 3.40. The van der Waals surface area contributed by atoms with E-state index in [1.165, 1.54) is 0 Å². The molecule has 0 atom stereocenters. The van der Waals surface area contributed by atoms with Crippen molar-refractivity contribution in [2.75, 3.05) is 13.1 Å². The first-order chi connectivity index (χ1) is 7.81. The van der Waals surface area contributed by atoms with Gasteiger partial charge < -0.3 is 15.7 Å². The SMILES string of the molecule is O=C(O)CCCCNC(=O)NCCC(F)(F)F. The number of unbranched alkanes of at least 4 members (excludes halogenated alkanes) is 1. The first-order valence-electron chi connectivity index (χ1n) is 5.11. The van der Waals surface area contributed by atoms with Gasteiger partial charge in [-0.3, -0.25) is 4.79 Å². The molecule has 8 heteroatoms. The number of rotatable bonds is 7. The lowest BCUT2D eigenvalue weighted by atomic mass is 10.2. The van der Waals surface area contributed by atoms with Gasteiger partial charge in [-0.1, -0.05) is 0 Å². The molecule has 0 aromatic rings. The maximum Gasteiger partial charge on any atom is 0.390 e. The molecular formula is C9H15F3N2O3. The highest BCUT2D eigenvalue weighted by atomic mass is 19.4. The Labute approximate surface area is 96.4 Å². The van der Waals surface area contributed by atoms with Crippen LogP contribution in [0, 0.1) is 0 Å². The van der Waals surface area contributed by atoms with E-state index in [9.17, 15) is 22.8 Å². The molecule has 0 rings (SSSR count). The number of aliphatic carboxylic acids is 1. The highest BCUT2D eigenvalue weighted by Crippen LogP contribution is 2.17. The molecule has 0 saturated heterocycles. The third-order valence-electron chi connectivity index (χ3n) is 1.80. The topological polar surface area (TPSA) is 78.4 Å². The minimum absolute atomic E-state index is 0.0113. The van der Waals surface area contributed by atoms with Gasteiger partial charge in [0.15, 0.2) is 0 Å². The average molecular weight is 256 g/mol. The number of hydrogen-bond donors (Lipinski definition) is 3. The van der Waals surface area contributed by atoms with Crippen LogP contribution in [0.3, 0.4) is 0 Å². The van der Waals surface area contributed by atoms with E-state index in [4.69, 9.17) is 5.11 Å². The molecule has 100 valence electrons. The highest BCUT2D eigenvalue weighted by Gasteiger charge is 2.26. The van der Waals surface area contributed by atoms with Crippen LogP contribution in [-0.4, -0.2) is 36.4 Å². The molecule has 0 aromatic carbocycles. The largest absolute Gasteiger partial charge is 0.481 e. The number of carbonyl (C=O) groups excluding carboxylic acids is 1. The fourth-order valence-corrected chi connectivity index (χ4v) is 0.983. The van der Waals surface area contributed by atoms with Crippen molar-refractivity contribution in [1.29, 1.82) is 0 Å². The summed E-state index contributed by atoms with van der Waals surface area (Å²) in [5.41, 5.74) is 0. The van der Waals surface area contributed by atoms with E-state index in [0.717, 1.165) is 0 Å². The summed E-state index contributed by atoms with van der Waals surface area (Å²) in [7, 11) is 0. The Hall–Kier alpha value is -1.47. The molecule has 0 aliphatic rings. The van der Waals surface area contributed by atoms with Crippen molar-refractivity contribution >= 4 is 12.0 Å². The van der Waals surface area contributed by atoms with Gasteiger partial charge in [-0.2, -0.15) is 13.2 Å². The van der Waals surface area contributed by atoms with Crippen molar-refractivity contribution in [3.63, 3.8) is 0 Å². The van der Waals surface area contributed by atoms with Gasteiger partial charge in [-0.15, -0.1) is 0 Å². The standard InChI is InChI=1S/C9H15F3N2O3/c10-9(11,12)4-6-14-8(17)13-5-2-1-3-7(15)16/h1-6H2,(H,15,16)(H2,13,14,17). The zero-order valence-corrected chi connectivity index (χ0v) is 9.14. The van der Waals surface area contributed by atoms with Crippen LogP contribution in [-0.2, 0) is 4.79 Å². The lowest BCUT2D eigenvalue weighted by Crippen LogP contribution is -2.37. The summed E-state index contributed by atoms with van der Waals surface area (Å²) in [6.45, 7) is -0.227. The van der Waals surface area contributed by atoms with Gasteiger partial charge in [0.2, 0.25) is 0 Å². The average Bonchev–Trinajstić information content (AvgIpc) is 2.14. The fourth-order valence-electron chi connectivity index (χ4n) is 0.983. The number of carboxylic acids is 1. The molecule has 17 heavy (non-hydrogen) atoms. The van der Waals surface area contributed by atoms with Crippen LogP contribution < -0.4 is 10.6 Å². The van der Waals surface area contributed by atoms with Gasteiger partial charge in [0.25, 0.3) is 0 Å². The quantitative estimate of drug-likeness (QED) is 0.604. The Morgan fingerprint density at radius 3 is 2.18 bits per heavy atom. The predicted octanol–water partition coefficient (Wildman–Crippen LogP) is 1.49. The van der Waals surface area contributed by atoms with Gasteiger partial charge in [0.1, 0.15) is 0 Å². The Morgan fingerprint density at radius 1 is 1.06 bits per heavy atom. The third kappa shape index (κ3) is 12.5. The minimum atomic E-state index is -4.28. The molecule has 0 saturated carbocycles. The van der Waals surface area contributed by atoms with Crippen LogP contribution >= 0.6 is 0 Å². The van der Waals surface area contributed by atoms with Crippen molar-refractivity contribution in [1.82, 2.24) is 10.6 Å². The van der Waals surface area contributed by atoms with Crippen LogP contribution in [0.5, 0.6) is 0 Å². The summed E-state index contributed by atoms with van der Waals surface area (Å²) in [4.78, 5) is 21.0. The van der Waals surface area contributed by atoms with Crippen molar-refractivity contribution in [2.24, 2.45) is 0 Å². The van der Waals surface area contributed by atoms with Crippen molar-refractivity contribution < 1.29 is 27.9 Å². The van der Waals surface area contributed by atoms with Crippen LogP contribution in [0.4, 0.5) is 18.0 Å². The Morgan fingerprint density at radius 2 is 1.65 bits per heavy atom. The lowest BCUT2D eigenvalue weighted by Gasteiger charge is -2.08. The molecule has 0 fully saturated rings. The van der Waals surface area contributed by atoms with E-state index in [1.807, 2.05) is 0 Å². The number of urea groups is 1. The molecule has 0 spiro atoms. The molecule has 0 bridgehead atoms. The van der Waals surface area contributed by atoms with E-state index < -0.39 is 31.1 Å². The summed E-state index contributed by atoms with van der Waals surface area (Å²) in [6, 6.07) is -0.676. The van der Waals surface area contributed by atoms with Gasteiger partial charge >= 0.3 is 18.2 Å². The van der Waals surface area contributed by atoms with Gasteiger partial charge in [0.05, 0.1) is 6.42 Å². The van der Waals surface area contributed by atoms with E-state index >= 15 is 0 Å². The molecule has 0 aliphatic carbocycles. The van der Waals surface area contributed by atoms with Crippen LogP contribution in [0.25, 0.3) is 0 Å². The molecule has 0 aromatic heterocycles. The second-order valence-electron chi connectivity index (χ2n) is 3.40. The van der Waals surface area contributed by atoms with E-state index in [2.05, 4.69) is 10.6 Å². The fraction of sp³-hybridized carbons (Fsp3) is 0.778. The van der Waals surface area contributed by atoms with Crippen LogP contribution in [0.1, 0.15) is 25.7 Å². The minimum Gasteiger partial charge on any atom is -0.481 e. The first kappa shape index (κ1) is 15.5. The molecule has 2 amide bonds. The molecule has 0 unspecified atom stereocenters. The second kappa shape index (κ2) is 7.75. The number of amides is 2. The lowest BCUT2D eigenvalue weighted by molar-refractivity contribution is -0.137. The van der Waals surface area contributed by atoms with E-state index in [0.29, 0.717) is 12.8 Å². The van der Waals surface area contributed by atoms with Crippen LogP contribution in [0.2, 0.25) is 0 Å². The first-order valence-corrected chi connectivity index (χ1v) is 5.11. The maximum absolute atomic E-state index is 11.7. The summed E-state index contributed by atoms with van der Waals surface area (Å²) in [5.74, 6) is -0.917. The molecular weight excluding hydrogens is 241 g/mol. The zero-order valence-electron chi connectivity index (χ0n) is 9.14. The Bertz CT molecular complexity index is 256. The monoisotopic (exact) mass is 256 g/mol. The Kier molecular flexibility index (Phi) is 7.08. The summed E-state index contributed by atoms with van der Waals surface area (Å²) >= 11 is 0. The van der Waals surface area contributed by atoms with Gasteiger partial charge in [-0.25, -0.2) is 4.79 Å². The normalized spacial score (nSPS) is 11.0. The molecule has 3 N–H and O–H groups in total. The van der Waals surface area contributed by atoms with Crippen molar-refractivity contribution in [2.45, 2.75) is 31.9 Å². The number of carboxylic acid groups (broad SMARTS) is 1. The molecule has 0 radical (unpaired) electrons. The van der Waals surface area contributed by atoms with Crippen LogP contribution in [0.15, 0.2) is 0 Å². The zero-order chi connectivity index (χ0) is 13.3. The predicted molar refractivity (Wildman–Crippen MR) is 53.6 cm³/mol.